The van der Waals surface area contributed by atoms with Crippen molar-refractivity contribution in [1.29, 1.82) is 5.26 Å². The Labute approximate surface area is 249 Å². The summed E-state index contributed by atoms with van der Waals surface area (Å²) in [5.74, 6) is 0.419. The monoisotopic (exact) mass is 580 g/mol. The second-order valence-corrected chi connectivity index (χ2v) is 11.4. The van der Waals surface area contributed by atoms with Crippen LogP contribution in [0.15, 0.2) is 72.4 Å². The number of anilines is 1. The first-order valence-electron chi connectivity index (χ1n) is 14.5. The zero-order chi connectivity index (χ0) is 30.0. The van der Waals surface area contributed by atoms with Crippen molar-refractivity contribution in [2.75, 3.05) is 32.0 Å². The highest BCUT2D eigenvalue weighted by Crippen LogP contribution is 2.38. The van der Waals surface area contributed by atoms with Crippen LogP contribution in [0.3, 0.4) is 0 Å². The molecule has 2 aromatic heterocycles. The summed E-state index contributed by atoms with van der Waals surface area (Å²) in [6, 6.07) is 17.6. The van der Waals surface area contributed by atoms with Crippen LogP contribution in [0.2, 0.25) is 0 Å². The van der Waals surface area contributed by atoms with Crippen LogP contribution in [0.1, 0.15) is 38.6 Å². The number of nitrogens with two attached hydrogens (primary N) is 1. The summed E-state index contributed by atoms with van der Waals surface area (Å²) in [7, 11) is 0. The Kier molecular flexibility index (Phi) is 7.82. The van der Waals surface area contributed by atoms with Crippen LogP contribution in [-0.4, -0.2) is 51.9 Å². The molecule has 6 rings (SSSR count). The highest BCUT2D eigenvalue weighted by atomic mass is 19.1. The van der Waals surface area contributed by atoms with Crippen LogP contribution in [0.5, 0.6) is 11.5 Å². The molecule has 2 aliphatic heterocycles. The predicted molar refractivity (Wildman–Crippen MR) is 161 cm³/mol. The van der Waals surface area contributed by atoms with E-state index in [2.05, 4.69) is 18.0 Å². The van der Waals surface area contributed by atoms with Crippen molar-refractivity contribution >= 4 is 22.6 Å². The molecule has 9 nitrogen and oxygen atoms in total. The van der Waals surface area contributed by atoms with Gasteiger partial charge < -0.3 is 20.1 Å². The standard InChI is InChI=1S/C33H33FN6O3/c1-33(12-16-42-17-13-33)19-22(20-35)32(41)39-15-5-6-23(21-39)40-28-11-14-37-31(36)29(28)30(38-40)26-10-9-25(18-27(26)34)43-24-7-3-2-4-8-24/h2-4,7-11,14,18-19,23H,5-6,12-13,15-17,21H2,1H3,(H2,36,37). The number of benzene rings is 2. The summed E-state index contributed by atoms with van der Waals surface area (Å²) in [6.07, 6.45) is 6.45. The highest BCUT2D eigenvalue weighted by molar-refractivity contribution is 6.00. The van der Waals surface area contributed by atoms with Crippen LogP contribution in [0, 0.1) is 22.6 Å². The fourth-order valence-electron chi connectivity index (χ4n) is 5.94. The number of nitrogen functional groups attached to an aromatic ring is 1. The molecule has 1 unspecified atom stereocenters. The molecule has 220 valence electrons. The molecule has 0 bridgehead atoms. The van der Waals surface area contributed by atoms with E-state index in [9.17, 15) is 10.1 Å². The molecule has 0 radical (unpaired) electrons. The molecule has 43 heavy (non-hydrogen) atoms. The third-order valence-electron chi connectivity index (χ3n) is 8.33. The van der Waals surface area contributed by atoms with Gasteiger partial charge in [0.05, 0.1) is 16.9 Å². The number of aromatic nitrogens is 3. The molecule has 0 saturated carbocycles. The molecule has 4 aromatic rings. The molecule has 0 aliphatic carbocycles. The third-order valence-corrected chi connectivity index (χ3v) is 8.33. The van der Waals surface area contributed by atoms with Gasteiger partial charge in [-0.25, -0.2) is 9.37 Å². The quantitative estimate of drug-likeness (QED) is 0.218. The van der Waals surface area contributed by atoms with Gasteiger partial charge in [0.25, 0.3) is 5.91 Å². The lowest BCUT2D eigenvalue weighted by atomic mass is 9.80. The number of hydrogen-bond donors (Lipinski definition) is 1. The van der Waals surface area contributed by atoms with E-state index in [1.807, 2.05) is 29.0 Å². The van der Waals surface area contributed by atoms with Crippen molar-refractivity contribution in [1.82, 2.24) is 19.7 Å². The molecule has 0 spiro atoms. The maximum absolute atomic E-state index is 15.6. The van der Waals surface area contributed by atoms with Crippen molar-refractivity contribution in [3.8, 4) is 28.8 Å². The lowest BCUT2D eigenvalue weighted by molar-refractivity contribution is -0.128. The third kappa shape index (κ3) is 5.81. The maximum atomic E-state index is 15.6. The topological polar surface area (TPSA) is 119 Å². The van der Waals surface area contributed by atoms with Crippen molar-refractivity contribution in [3.63, 3.8) is 0 Å². The number of ether oxygens (including phenoxy) is 2. The second-order valence-electron chi connectivity index (χ2n) is 11.4. The largest absolute Gasteiger partial charge is 0.457 e. The van der Waals surface area contributed by atoms with Gasteiger partial charge in [-0.2, -0.15) is 10.4 Å². The normalized spacial score (nSPS) is 18.8. The molecule has 2 aromatic carbocycles. The first-order valence-corrected chi connectivity index (χ1v) is 14.5. The SMILES string of the molecule is CC1(C=C(C#N)C(=O)N2CCCC(n3nc(-c4ccc(Oc5ccccc5)cc4F)c4c(N)nccc43)C2)CCOCC1. The molecule has 4 heterocycles. The maximum Gasteiger partial charge on any atom is 0.264 e. The Morgan fingerprint density at radius 2 is 1.98 bits per heavy atom. The van der Waals surface area contributed by atoms with Gasteiger partial charge in [0.1, 0.15) is 40.5 Å². The number of pyridine rings is 1. The summed E-state index contributed by atoms with van der Waals surface area (Å²) >= 11 is 0. The lowest BCUT2D eigenvalue weighted by Gasteiger charge is -2.34. The number of carbonyl (C=O) groups is 1. The molecule has 1 amide bonds. The van der Waals surface area contributed by atoms with E-state index in [0.717, 1.165) is 25.7 Å². The summed E-state index contributed by atoms with van der Waals surface area (Å²) in [4.78, 5) is 19.5. The Morgan fingerprint density at radius 3 is 2.72 bits per heavy atom. The number of hydrogen-bond acceptors (Lipinski definition) is 7. The van der Waals surface area contributed by atoms with Crippen LogP contribution >= 0.6 is 0 Å². The number of halogens is 1. The van der Waals surface area contributed by atoms with Crippen LogP contribution in [0.4, 0.5) is 10.2 Å². The predicted octanol–water partition coefficient (Wildman–Crippen LogP) is 6.04. The number of carbonyl (C=O) groups excluding carboxylic acids is 1. The van der Waals surface area contributed by atoms with E-state index in [0.29, 0.717) is 54.4 Å². The van der Waals surface area contributed by atoms with Crippen molar-refractivity contribution in [2.24, 2.45) is 5.41 Å². The Morgan fingerprint density at radius 1 is 1.19 bits per heavy atom. The number of amides is 1. The van der Waals surface area contributed by atoms with Gasteiger partial charge in [0.15, 0.2) is 0 Å². The number of para-hydroxylation sites is 1. The molecular weight excluding hydrogens is 547 g/mol. The Bertz CT molecular complexity index is 1720. The average molecular weight is 581 g/mol. The number of fused-ring (bicyclic) bond motifs is 1. The van der Waals surface area contributed by atoms with Gasteiger partial charge >= 0.3 is 0 Å². The molecule has 1 atom stereocenters. The van der Waals surface area contributed by atoms with Gasteiger partial charge in [-0.1, -0.05) is 31.2 Å². The number of rotatable bonds is 6. The number of nitriles is 1. The first-order chi connectivity index (χ1) is 20.8. The van der Waals surface area contributed by atoms with Crippen molar-refractivity contribution in [3.05, 3.63) is 78.3 Å². The van der Waals surface area contributed by atoms with Crippen LogP contribution in [0.25, 0.3) is 22.2 Å². The van der Waals surface area contributed by atoms with E-state index in [4.69, 9.17) is 20.3 Å². The van der Waals surface area contributed by atoms with Crippen LogP contribution < -0.4 is 10.5 Å². The zero-order valence-corrected chi connectivity index (χ0v) is 24.0. The van der Waals surface area contributed by atoms with Crippen molar-refractivity contribution < 1.29 is 18.7 Å². The minimum Gasteiger partial charge on any atom is -0.457 e. The van der Waals surface area contributed by atoms with E-state index in [1.165, 1.54) is 6.07 Å². The van der Waals surface area contributed by atoms with Crippen LogP contribution in [-0.2, 0) is 9.53 Å². The van der Waals surface area contributed by atoms with E-state index < -0.39 is 5.82 Å². The summed E-state index contributed by atoms with van der Waals surface area (Å²) in [5, 5.41) is 15.3. The smallest absolute Gasteiger partial charge is 0.264 e. The summed E-state index contributed by atoms with van der Waals surface area (Å²) in [6.45, 7) is 4.20. The average Bonchev–Trinajstić information content (AvgIpc) is 3.41. The molecule has 2 aliphatic rings. The first kappa shape index (κ1) is 28.4. The molecule has 2 fully saturated rings. The number of likely N-dealkylation sites (tertiary alicyclic amines) is 1. The Hall–Kier alpha value is -4.75. The number of nitrogens with zero attached hydrogens (tertiary/aromatic N) is 5. The second kappa shape index (κ2) is 11.9. The minimum atomic E-state index is -0.505. The lowest BCUT2D eigenvalue weighted by Crippen LogP contribution is -2.41. The summed E-state index contributed by atoms with van der Waals surface area (Å²) in [5.41, 5.74) is 7.58. The fourth-order valence-corrected chi connectivity index (χ4v) is 5.94. The zero-order valence-electron chi connectivity index (χ0n) is 24.0. The van der Waals surface area contributed by atoms with Gasteiger partial charge in [0.2, 0.25) is 0 Å². The highest BCUT2D eigenvalue weighted by Gasteiger charge is 2.32. The minimum absolute atomic E-state index is 0.157. The number of allylic oxidation sites excluding steroid dienone is 1. The van der Waals surface area contributed by atoms with Gasteiger partial charge in [-0.15, -0.1) is 0 Å². The molecular formula is C33H33FN6O3. The van der Waals surface area contributed by atoms with Crippen molar-refractivity contribution in [2.45, 2.75) is 38.6 Å². The van der Waals surface area contributed by atoms with E-state index in [1.54, 1.807) is 41.4 Å². The molecule has 2 N–H and O–H groups in total. The summed E-state index contributed by atoms with van der Waals surface area (Å²) < 4.78 is 28.7. The van der Waals surface area contributed by atoms with E-state index in [-0.39, 0.29) is 34.3 Å². The van der Waals surface area contributed by atoms with Gasteiger partial charge in [-0.3, -0.25) is 9.48 Å². The molecule has 10 heteroatoms. The van der Waals surface area contributed by atoms with Gasteiger partial charge in [0, 0.05) is 44.1 Å². The Balaban J connectivity index is 1.30. The van der Waals surface area contributed by atoms with E-state index >= 15 is 4.39 Å². The number of piperidine rings is 1. The molecule has 2 saturated heterocycles. The van der Waals surface area contributed by atoms with Gasteiger partial charge in [-0.05, 0) is 61.4 Å². The fraction of sp³-hybridized carbons (Fsp3) is 0.333.